The Labute approximate surface area is 167 Å². The Morgan fingerprint density at radius 3 is 2.30 bits per heavy atom. The molecule has 138 valence electrons. The van der Waals surface area contributed by atoms with E-state index in [1.54, 1.807) is 6.08 Å². The van der Waals surface area contributed by atoms with Crippen LogP contribution in [0.3, 0.4) is 0 Å². The van der Waals surface area contributed by atoms with Gasteiger partial charge in [0.15, 0.2) is 0 Å². The van der Waals surface area contributed by atoms with Crippen LogP contribution in [0.1, 0.15) is 22.3 Å². The van der Waals surface area contributed by atoms with Gasteiger partial charge >= 0.3 is 5.97 Å². The summed E-state index contributed by atoms with van der Waals surface area (Å²) in [4.78, 5) is 24.8. The van der Waals surface area contributed by atoms with Gasteiger partial charge in [0.25, 0.3) is 5.91 Å². The van der Waals surface area contributed by atoms with E-state index in [4.69, 9.17) is 17.3 Å². The van der Waals surface area contributed by atoms with Crippen molar-refractivity contribution in [3.63, 3.8) is 0 Å². The molecule has 1 saturated heterocycles. The van der Waals surface area contributed by atoms with Gasteiger partial charge in [0.2, 0.25) is 0 Å². The first kappa shape index (κ1) is 19.3. The quantitative estimate of drug-likeness (QED) is 0.605. The molecule has 0 unspecified atom stereocenters. The Balaban J connectivity index is 1.87. The average molecular weight is 398 g/mol. The van der Waals surface area contributed by atoms with Crippen molar-refractivity contribution in [1.82, 2.24) is 4.90 Å². The van der Waals surface area contributed by atoms with Crippen molar-refractivity contribution in [1.29, 1.82) is 0 Å². The lowest BCUT2D eigenvalue weighted by Crippen LogP contribution is -2.33. The van der Waals surface area contributed by atoms with E-state index in [1.807, 2.05) is 24.3 Å². The van der Waals surface area contributed by atoms with E-state index < -0.39 is 12.5 Å². The van der Waals surface area contributed by atoms with E-state index in [0.717, 1.165) is 27.8 Å². The summed E-state index contributed by atoms with van der Waals surface area (Å²) >= 11 is 6.25. The van der Waals surface area contributed by atoms with Crippen molar-refractivity contribution < 1.29 is 14.7 Å². The minimum Gasteiger partial charge on any atom is -0.480 e. The molecule has 2 aromatic rings. The highest BCUT2D eigenvalue weighted by Crippen LogP contribution is 2.33. The van der Waals surface area contributed by atoms with Gasteiger partial charge in [-0.1, -0.05) is 65.9 Å². The van der Waals surface area contributed by atoms with Crippen LogP contribution in [-0.2, 0) is 9.59 Å². The molecule has 3 rings (SSSR count). The van der Waals surface area contributed by atoms with Crippen LogP contribution in [0, 0.1) is 20.8 Å². The molecule has 0 spiro atoms. The molecule has 1 heterocycles. The van der Waals surface area contributed by atoms with Crippen LogP contribution in [0.5, 0.6) is 0 Å². The molecule has 1 fully saturated rings. The molecule has 27 heavy (non-hydrogen) atoms. The van der Waals surface area contributed by atoms with Crippen LogP contribution in [0.4, 0.5) is 0 Å². The van der Waals surface area contributed by atoms with Gasteiger partial charge in [-0.25, -0.2) is 0 Å². The zero-order chi connectivity index (χ0) is 19.7. The largest absolute Gasteiger partial charge is 0.480 e. The maximum atomic E-state index is 12.4. The van der Waals surface area contributed by atoms with Gasteiger partial charge in [-0.05, 0) is 54.7 Å². The van der Waals surface area contributed by atoms with Crippen molar-refractivity contribution in [2.24, 2.45) is 0 Å². The number of aliphatic carboxylic acids is 1. The second-order valence-corrected chi connectivity index (χ2v) is 8.23. The molecule has 0 aromatic heterocycles. The number of carboxylic acids is 1. The summed E-state index contributed by atoms with van der Waals surface area (Å²) in [5, 5.41) is 8.90. The first-order valence-corrected chi connectivity index (χ1v) is 9.64. The molecule has 6 heteroatoms. The van der Waals surface area contributed by atoms with Crippen molar-refractivity contribution in [3.05, 3.63) is 63.6 Å². The smallest absolute Gasteiger partial charge is 0.323 e. The van der Waals surface area contributed by atoms with E-state index in [-0.39, 0.29) is 10.2 Å². The predicted molar refractivity (Wildman–Crippen MR) is 114 cm³/mol. The van der Waals surface area contributed by atoms with Crippen molar-refractivity contribution >= 4 is 46.3 Å². The maximum absolute atomic E-state index is 12.4. The van der Waals surface area contributed by atoms with E-state index in [0.29, 0.717) is 4.91 Å². The zero-order valence-electron chi connectivity index (χ0n) is 15.3. The number of carboxylic acid groups (broad SMARTS) is 1. The lowest BCUT2D eigenvalue weighted by Gasteiger charge is -2.12. The zero-order valence-corrected chi connectivity index (χ0v) is 16.9. The lowest BCUT2D eigenvalue weighted by molar-refractivity contribution is -0.140. The third kappa shape index (κ3) is 4.12. The highest BCUT2D eigenvalue weighted by atomic mass is 32.2. The third-order valence-corrected chi connectivity index (χ3v) is 5.72. The molecule has 0 radical (unpaired) electrons. The fourth-order valence-electron chi connectivity index (χ4n) is 3.30. The van der Waals surface area contributed by atoms with Crippen molar-refractivity contribution in [2.45, 2.75) is 20.8 Å². The van der Waals surface area contributed by atoms with E-state index >= 15 is 0 Å². The first-order valence-electron chi connectivity index (χ1n) is 8.41. The number of nitrogens with zero attached hydrogens (tertiary/aromatic N) is 1. The van der Waals surface area contributed by atoms with E-state index in [2.05, 4.69) is 32.9 Å². The van der Waals surface area contributed by atoms with Gasteiger partial charge in [-0.3, -0.25) is 14.5 Å². The average Bonchev–Trinajstić information content (AvgIpc) is 2.82. The number of aryl methyl sites for hydroxylation is 3. The maximum Gasteiger partial charge on any atom is 0.323 e. The number of thioether (sulfide) groups is 1. The van der Waals surface area contributed by atoms with Crippen LogP contribution in [0.2, 0.25) is 0 Å². The van der Waals surface area contributed by atoms with Crippen LogP contribution in [0.25, 0.3) is 17.2 Å². The number of thiocarbonyl (C=S) groups is 1. The number of amides is 1. The number of hydrogen-bond donors (Lipinski definition) is 1. The summed E-state index contributed by atoms with van der Waals surface area (Å²) in [6, 6.07) is 12.3. The summed E-state index contributed by atoms with van der Waals surface area (Å²) in [5.74, 6) is -1.44. The molecule has 1 aliphatic heterocycles. The fourth-order valence-corrected chi connectivity index (χ4v) is 4.56. The lowest BCUT2D eigenvalue weighted by atomic mass is 9.93. The Morgan fingerprint density at radius 1 is 1.15 bits per heavy atom. The van der Waals surface area contributed by atoms with E-state index in [9.17, 15) is 9.59 Å². The summed E-state index contributed by atoms with van der Waals surface area (Å²) in [5.41, 5.74) is 6.93. The topological polar surface area (TPSA) is 57.6 Å². The first-order chi connectivity index (χ1) is 12.8. The molecule has 1 amide bonds. The van der Waals surface area contributed by atoms with Gasteiger partial charge < -0.3 is 5.11 Å². The standard InChI is InChI=1S/C21H19NO3S2/c1-12-8-13(2)19(14(3)9-12)16-6-4-15(5-7-16)10-17-20(25)22(11-18(23)24)21(26)27-17/h4-10H,11H2,1-3H3,(H,23,24). The van der Waals surface area contributed by atoms with Gasteiger partial charge in [0.1, 0.15) is 10.9 Å². The predicted octanol–water partition coefficient (Wildman–Crippen LogP) is 4.56. The Bertz CT molecular complexity index is 954. The van der Waals surface area contributed by atoms with Crippen molar-refractivity contribution in [3.8, 4) is 11.1 Å². The fraction of sp³-hybridized carbons (Fsp3) is 0.190. The molecule has 1 N–H and O–H groups in total. The van der Waals surface area contributed by atoms with Crippen molar-refractivity contribution in [2.75, 3.05) is 6.54 Å². The molecule has 4 nitrogen and oxygen atoms in total. The summed E-state index contributed by atoms with van der Waals surface area (Å²) in [6.07, 6.45) is 1.75. The van der Waals surface area contributed by atoms with Crippen LogP contribution < -0.4 is 0 Å². The molecule has 1 aliphatic rings. The summed E-state index contributed by atoms with van der Waals surface area (Å²) in [6.45, 7) is 5.90. The van der Waals surface area contributed by atoms with Crippen LogP contribution in [-0.4, -0.2) is 32.7 Å². The SMILES string of the molecule is Cc1cc(C)c(-c2ccc(C=C3SC(=S)N(CC(=O)O)C3=O)cc2)c(C)c1. The molecular formula is C21H19NO3S2. The van der Waals surface area contributed by atoms with Crippen LogP contribution >= 0.6 is 24.0 Å². The van der Waals surface area contributed by atoms with Gasteiger partial charge in [0, 0.05) is 0 Å². The van der Waals surface area contributed by atoms with Gasteiger partial charge in [-0.2, -0.15) is 0 Å². The third-order valence-electron chi connectivity index (χ3n) is 4.34. The number of benzene rings is 2. The van der Waals surface area contributed by atoms with Gasteiger partial charge in [0.05, 0.1) is 4.91 Å². The highest BCUT2D eigenvalue weighted by Gasteiger charge is 2.33. The second-order valence-electron chi connectivity index (χ2n) is 6.56. The number of carbonyl (C=O) groups excluding carboxylic acids is 1. The number of carbonyl (C=O) groups is 2. The number of hydrogen-bond acceptors (Lipinski definition) is 4. The minimum absolute atomic E-state index is 0.274. The molecule has 0 atom stereocenters. The van der Waals surface area contributed by atoms with Crippen LogP contribution in [0.15, 0.2) is 41.3 Å². The highest BCUT2D eigenvalue weighted by molar-refractivity contribution is 8.26. The number of rotatable bonds is 4. The molecule has 0 saturated carbocycles. The molecule has 0 aliphatic carbocycles. The molecule has 0 bridgehead atoms. The molecule has 2 aromatic carbocycles. The second kappa shape index (κ2) is 7.66. The summed E-state index contributed by atoms with van der Waals surface area (Å²) < 4.78 is 0.274. The normalized spacial score (nSPS) is 15.7. The Hall–Kier alpha value is -2.44. The monoisotopic (exact) mass is 397 g/mol. The van der Waals surface area contributed by atoms with E-state index in [1.165, 1.54) is 22.3 Å². The minimum atomic E-state index is -1.08. The van der Waals surface area contributed by atoms with Gasteiger partial charge in [-0.15, -0.1) is 0 Å². The Morgan fingerprint density at radius 2 is 1.74 bits per heavy atom. The molecular weight excluding hydrogens is 378 g/mol. The Kier molecular flexibility index (Phi) is 5.48. The summed E-state index contributed by atoms with van der Waals surface area (Å²) in [7, 11) is 0.